The van der Waals surface area contributed by atoms with Crippen molar-refractivity contribution in [2.24, 2.45) is 11.8 Å². The van der Waals surface area contributed by atoms with Gasteiger partial charge in [0.1, 0.15) is 5.58 Å². The molecule has 2 saturated heterocycles. The van der Waals surface area contributed by atoms with Gasteiger partial charge in [-0.05, 0) is 36.1 Å². The molecule has 1 aromatic carbocycles. The molecule has 2 atom stereocenters. The molecule has 2 unspecified atom stereocenters. The van der Waals surface area contributed by atoms with Crippen LogP contribution in [0.15, 0.2) is 34.9 Å². The van der Waals surface area contributed by atoms with E-state index < -0.39 is 0 Å². The summed E-state index contributed by atoms with van der Waals surface area (Å²) in [5.74, 6) is 1.69. The van der Waals surface area contributed by atoms with Gasteiger partial charge in [0.25, 0.3) is 0 Å². The molecule has 0 saturated carbocycles. The van der Waals surface area contributed by atoms with E-state index >= 15 is 0 Å². The Morgan fingerprint density at radius 2 is 1.94 bits per heavy atom. The van der Waals surface area contributed by atoms with Crippen LogP contribution in [0.25, 0.3) is 11.0 Å². The van der Waals surface area contributed by atoms with Crippen LogP contribution in [0.3, 0.4) is 0 Å². The summed E-state index contributed by atoms with van der Waals surface area (Å²) in [7, 11) is 0. The molecule has 2 aromatic rings. The van der Waals surface area contributed by atoms with Crippen molar-refractivity contribution in [1.82, 2.24) is 5.32 Å². The second-order valence-corrected chi connectivity index (χ2v) is 5.23. The Morgan fingerprint density at radius 3 is 2.76 bits per heavy atom. The fourth-order valence-electron chi connectivity index (χ4n) is 3.22. The second-order valence-electron chi connectivity index (χ2n) is 5.23. The lowest BCUT2D eigenvalue weighted by atomic mass is 10.0. The third-order valence-corrected chi connectivity index (χ3v) is 4.19. The first-order valence-corrected chi connectivity index (χ1v) is 6.33. The van der Waals surface area contributed by atoms with Crippen molar-refractivity contribution in [3.8, 4) is 0 Å². The summed E-state index contributed by atoms with van der Waals surface area (Å²) in [5, 5.41) is 4.69. The number of hydrogen-bond donors (Lipinski definition) is 1. The molecule has 0 radical (unpaired) electrons. The Kier molecular flexibility index (Phi) is 1.97. The maximum absolute atomic E-state index is 5.38. The molecule has 1 aromatic heterocycles. The van der Waals surface area contributed by atoms with Crippen LogP contribution < -0.4 is 10.2 Å². The summed E-state index contributed by atoms with van der Waals surface area (Å²) in [4.78, 5) is 2.52. The van der Waals surface area contributed by atoms with E-state index in [9.17, 15) is 0 Å². The first-order chi connectivity index (χ1) is 8.40. The van der Waals surface area contributed by atoms with Gasteiger partial charge in [0.05, 0.1) is 6.26 Å². The second kappa shape index (κ2) is 3.50. The van der Waals surface area contributed by atoms with Gasteiger partial charge in [-0.1, -0.05) is 0 Å². The summed E-state index contributed by atoms with van der Waals surface area (Å²) >= 11 is 0. The third kappa shape index (κ3) is 1.46. The van der Waals surface area contributed by atoms with Crippen molar-refractivity contribution in [1.29, 1.82) is 0 Å². The number of rotatable bonds is 1. The van der Waals surface area contributed by atoms with E-state index in [2.05, 4.69) is 28.4 Å². The number of nitrogens with one attached hydrogen (secondary N) is 1. The van der Waals surface area contributed by atoms with Crippen molar-refractivity contribution < 1.29 is 4.42 Å². The fraction of sp³-hybridized carbons (Fsp3) is 0.429. The molecule has 0 bridgehead atoms. The minimum atomic E-state index is 0.843. The van der Waals surface area contributed by atoms with Crippen molar-refractivity contribution in [3.05, 3.63) is 30.5 Å². The lowest BCUT2D eigenvalue weighted by Crippen LogP contribution is -2.25. The van der Waals surface area contributed by atoms with E-state index in [4.69, 9.17) is 4.42 Å². The van der Waals surface area contributed by atoms with Crippen LogP contribution in [0.4, 0.5) is 5.69 Å². The first-order valence-electron chi connectivity index (χ1n) is 6.33. The highest BCUT2D eigenvalue weighted by Gasteiger charge is 2.36. The van der Waals surface area contributed by atoms with Gasteiger partial charge < -0.3 is 14.6 Å². The van der Waals surface area contributed by atoms with Gasteiger partial charge in [0.15, 0.2) is 0 Å². The molecule has 3 heterocycles. The highest BCUT2D eigenvalue weighted by atomic mass is 16.3. The zero-order valence-corrected chi connectivity index (χ0v) is 9.73. The Hall–Kier alpha value is -1.48. The minimum absolute atomic E-state index is 0.843. The Bertz CT molecular complexity index is 536. The molecule has 2 aliphatic heterocycles. The SMILES string of the molecule is c1cc2cc(N3CC4CNCC4C3)ccc2o1. The molecule has 4 rings (SSSR count). The van der Waals surface area contributed by atoms with Gasteiger partial charge in [-0.25, -0.2) is 0 Å². The molecule has 1 N–H and O–H groups in total. The standard InChI is InChI=1S/C14H16N2O/c1-2-14-10(3-4-17-14)5-13(1)16-8-11-6-15-7-12(11)9-16/h1-5,11-12,15H,6-9H2. The summed E-state index contributed by atoms with van der Waals surface area (Å²) in [5.41, 5.74) is 2.32. The fourth-order valence-corrected chi connectivity index (χ4v) is 3.22. The van der Waals surface area contributed by atoms with Gasteiger partial charge >= 0.3 is 0 Å². The molecule has 2 fully saturated rings. The Balaban J connectivity index is 1.66. The molecule has 3 heteroatoms. The summed E-state index contributed by atoms with van der Waals surface area (Å²) in [6.07, 6.45) is 1.76. The van der Waals surface area contributed by atoms with E-state index in [-0.39, 0.29) is 0 Å². The van der Waals surface area contributed by atoms with Crippen LogP contribution in [-0.2, 0) is 0 Å². The topological polar surface area (TPSA) is 28.4 Å². The molecular weight excluding hydrogens is 212 g/mol. The zero-order chi connectivity index (χ0) is 11.2. The lowest BCUT2D eigenvalue weighted by molar-refractivity contribution is 0.533. The number of nitrogens with zero attached hydrogens (tertiary/aromatic N) is 1. The molecule has 0 amide bonds. The van der Waals surface area contributed by atoms with Crippen LogP contribution in [0.1, 0.15) is 0 Å². The van der Waals surface area contributed by atoms with Crippen LogP contribution in [0.2, 0.25) is 0 Å². The van der Waals surface area contributed by atoms with E-state index in [0.29, 0.717) is 0 Å². The van der Waals surface area contributed by atoms with Crippen molar-refractivity contribution in [3.63, 3.8) is 0 Å². The van der Waals surface area contributed by atoms with E-state index in [0.717, 1.165) is 17.4 Å². The van der Waals surface area contributed by atoms with Gasteiger partial charge in [-0.15, -0.1) is 0 Å². The quantitative estimate of drug-likeness (QED) is 0.810. The van der Waals surface area contributed by atoms with Gasteiger partial charge in [-0.2, -0.15) is 0 Å². The van der Waals surface area contributed by atoms with E-state index in [1.54, 1.807) is 6.26 Å². The molecule has 3 nitrogen and oxygen atoms in total. The number of hydrogen-bond acceptors (Lipinski definition) is 3. The largest absolute Gasteiger partial charge is 0.464 e. The Labute approximate surface area is 100 Å². The van der Waals surface area contributed by atoms with Crippen LogP contribution in [-0.4, -0.2) is 26.2 Å². The number of furan rings is 1. The summed E-state index contributed by atoms with van der Waals surface area (Å²) in [6.45, 7) is 4.77. The van der Waals surface area contributed by atoms with E-state index in [1.807, 2.05) is 6.07 Å². The van der Waals surface area contributed by atoms with Crippen LogP contribution in [0.5, 0.6) is 0 Å². The summed E-state index contributed by atoms with van der Waals surface area (Å²) in [6, 6.07) is 8.54. The molecule has 2 aliphatic rings. The molecule has 0 spiro atoms. The number of benzene rings is 1. The smallest absolute Gasteiger partial charge is 0.133 e. The van der Waals surface area contributed by atoms with Gasteiger partial charge in [0.2, 0.25) is 0 Å². The molecular formula is C14H16N2O. The van der Waals surface area contributed by atoms with Crippen molar-refractivity contribution in [2.75, 3.05) is 31.1 Å². The van der Waals surface area contributed by atoms with Crippen LogP contribution >= 0.6 is 0 Å². The monoisotopic (exact) mass is 228 g/mol. The lowest BCUT2D eigenvalue weighted by Gasteiger charge is -2.19. The number of fused-ring (bicyclic) bond motifs is 2. The molecule has 88 valence electrons. The highest BCUT2D eigenvalue weighted by molar-refractivity contribution is 5.81. The molecule has 17 heavy (non-hydrogen) atoms. The van der Waals surface area contributed by atoms with Crippen LogP contribution in [0, 0.1) is 11.8 Å². The van der Waals surface area contributed by atoms with Gasteiger partial charge in [-0.3, -0.25) is 0 Å². The first kappa shape index (κ1) is 9.54. The van der Waals surface area contributed by atoms with E-state index in [1.165, 1.54) is 37.3 Å². The minimum Gasteiger partial charge on any atom is -0.464 e. The summed E-state index contributed by atoms with van der Waals surface area (Å²) < 4.78 is 5.38. The third-order valence-electron chi connectivity index (χ3n) is 4.19. The molecule has 0 aliphatic carbocycles. The normalized spacial score (nSPS) is 27.9. The Morgan fingerprint density at radius 1 is 1.12 bits per heavy atom. The van der Waals surface area contributed by atoms with Crippen molar-refractivity contribution in [2.45, 2.75) is 0 Å². The highest BCUT2D eigenvalue weighted by Crippen LogP contribution is 2.32. The van der Waals surface area contributed by atoms with Gasteiger partial charge in [0, 0.05) is 37.3 Å². The maximum Gasteiger partial charge on any atom is 0.133 e. The maximum atomic E-state index is 5.38. The number of anilines is 1. The van der Waals surface area contributed by atoms with Crippen molar-refractivity contribution >= 4 is 16.7 Å². The predicted molar refractivity (Wildman–Crippen MR) is 68.3 cm³/mol. The zero-order valence-electron chi connectivity index (χ0n) is 9.73. The average Bonchev–Trinajstić information content (AvgIpc) is 3.02. The predicted octanol–water partition coefficient (Wildman–Crippen LogP) is 2.09. The average molecular weight is 228 g/mol.